The molecule has 1 aromatic carbocycles. The van der Waals surface area contributed by atoms with Crippen LogP contribution < -0.4 is 5.32 Å². The predicted octanol–water partition coefficient (Wildman–Crippen LogP) is 3.63. The number of benzene rings is 1. The van der Waals surface area contributed by atoms with Gasteiger partial charge in [0, 0.05) is 37.2 Å². The van der Waals surface area contributed by atoms with Crippen molar-refractivity contribution in [1.29, 1.82) is 0 Å². The molecule has 1 aliphatic heterocycles. The number of amides is 1. The molecule has 0 atom stereocenters. The Bertz CT molecular complexity index is 614. The smallest absolute Gasteiger partial charge is 0.302 e. The van der Waals surface area contributed by atoms with E-state index in [0.29, 0.717) is 12.6 Å². The van der Waals surface area contributed by atoms with Gasteiger partial charge in [0.15, 0.2) is 0 Å². The summed E-state index contributed by atoms with van der Waals surface area (Å²) in [5, 5.41) is 3.60. The molecule has 0 saturated carbocycles. The Kier molecular flexibility index (Phi) is 7.06. The molecule has 0 bridgehead atoms. The van der Waals surface area contributed by atoms with Crippen molar-refractivity contribution in [2.24, 2.45) is 5.41 Å². The van der Waals surface area contributed by atoms with E-state index < -0.39 is 0 Å². The van der Waals surface area contributed by atoms with Crippen molar-refractivity contribution < 1.29 is 14.3 Å². The van der Waals surface area contributed by atoms with E-state index in [1.165, 1.54) is 12.5 Å². The lowest BCUT2D eigenvalue weighted by Crippen LogP contribution is -2.46. The van der Waals surface area contributed by atoms with Crippen LogP contribution in [0.4, 0.5) is 5.69 Å². The fourth-order valence-corrected chi connectivity index (χ4v) is 3.25. The van der Waals surface area contributed by atoms with Crippen molar-refractivity contribution in [2.75, 3.05) is 25.0 Å². The van der Waals surface area contributed by atoms with E-state index in [9.17, 15) is 9.59 Å². The third kappa shape index (κ3) is 6.36. The number of likely N-dealkylation sites (tertiary alicyclic amines) is 1. The van der Waals surface area contributed by atoms with E-state index in [2.05, 4.69) is 29.6 Å². The number of anilines is 1. The number of rotatable bonds is 6. The first kappa shape index (κ1) is 20.3. The zero-order chi connectivity index (χ0) is 19.2. The molecule has 1 amide bonds. The minimum absolute atomic E-state index is 0.225. The van der Waals surface area contributed by atoms with Crippen LogP contribution in [0.2, 0.25) is 0 Å². The Labute approximate surface area is 157 Å². The van der Waals surface area contributed by atoms with Gasteiger partial charge in [0.2, 0.25) is 5.91 Å². The Balaban J connectivity index is 1.80. The minimum Gasteiger partial charge on any atom is -0.466 e. The van der Waals surface area contributed by atoms with Crippen LogP contribution in [0.15, 0.2) is 24.3 Å². The second-order valence-corrected chi connectivity index (χ2v) is 8.10. The Hall–Kier alpha value is -2.04. The van der Waals surface area contributed by atoms with Gasteiger partial charge in [0.05, 0.1) is 6.61 Å². The summed E-state index contributed by atoms with van der Waals surface area (Å²) >= 11 is 0. The highest BCUT2D eigenvalue weighted by molar-refractivity contribution is 5.81. The summed E-state index contributed by atoms with van der Waals surface area (Å²) in [5.41, 5.74) is 2.05. The first-order valence-corrected chi connectivity index (χ1v) is 9.54. The van der Waals surface area contributed by atoms with E-state index in [0.717, 1.165) is 44.5 Å². The molecule has 1 aliphatic rings. The SMILES string of the molecule is CC(=O)OCCCc1cccc(NC2CCN(C(=O)C(C)(C)C)CC2)c1. The van der Waals surface area contributed by atoms with E-state index in [4.69, 9.17) is 4.74 Å². The summed E-state index contributed by atoms with van der Waals surface area (Å²) < 4.78 is 4.98. The van der Waals surface area contributed by atoms with Gasteiger partial charge >= 0.3 is 5.97 Å². The van der Waals surface area contributed by atoms with Gasteiger partial charge in [-0.25, -0.2) is 0 Å². The normalized spacial score (nSPS) is 15.6. The van der Waals surface area contributed by atoms with E-state index in [1.807, 2.05) is 25.7 Å². The van der Waals surface area contributed by atoms with Crippen LogP contribution in [0.25, 0.3) is 0 Å². The molecule has 5 nitrogen and oxygen atoms in total. The predicted molar refractivity (Wildman–Crippen MR) is 104 cm³/mol. The molecule has 5 heteroatoms. The van der Waals surface area contributed by atoms with Gasteiger partial charge in [-0.2, -0.15) is 0 Å². The topological polar surface area (TPSA) is 58.6 Å². The number of esters is 1. The lowest BCUT2D eigenvalue weighted by atomic mass is 9.93. The molecule has 26 heavy (non-hydrogen) atoms. The van der Waals surface area contributed by atoms with Gasteiger partial charge in [-0.3, -0.25) is 9.59 Å². The van der Waals surface area contributed by atoms with E-state index in [1.54, 1.807) is 0 Å². The maximum absolute atomic E-state index is 12.4. The van der Waals surface area contributed by atoms with Crippen LogP contribution in [0.1, 0.15) is 52.5 Å². The standard InChI is InChI=1S/C21H32N2O3/c1-16(24)26-14-6-8-17-7-5-9-19(15-17)22-18-10-12-23(13-11-18)20(25)21(2,3)4/h5,7,9,15,18,22H,6,8,10-14H2,1-4H3. The average molecular weight is 360 g/mol. The van der Waals surface area contributed by atoms with Crippen molar-refractivity contribution in [3.8, 4) is 0 Å². The van der Waals surface area contributed by atoms with Crippen LogP contribution in [0, 0.1) is 5.41 Å². The van der Waals surface area contributed by atoms with Gasteiger partial charge in [0.25, 0.3) is 0 Å². The molecule has 0 aromatic heterocycles. The molecule has 1 aromatic rings. The van der Waals surface area contributed by atoms with Gasteiger partial charge in [-0.15, -0.1) is 0 Å². The van der Waals surface area contributed by atoms with Gasteiger partial charge in [-0.1, -0.05) is 32.9 Å². The molecular formula is C21H32N2O3. The molecule has 0 unspecified atom stereocenters. The quantitative estimate of drug-likeness (QED) is 0.622. The zero-order valence-corrected chi connectivity index (χ0v) is 16.5. The fourth-order valence-electron chi connectivity index (χ4n) is 3.25. The van der Waals surface area contributed by atoms with Crippen LogP contribution in [-0.4, -0.2) is 42.5 Å². The summed E-state index contributed by atoms with van der Waals surface area (Å²) in [6, 6.07) is 8.81. The number of piperidine rings is 1. The largest absolute Gasteiger partial charge is 0.466 e. The highest BCUT2D eigenvalue weighted by atomic mass is 16.5. The lowest BCUT2D eigenvalue weighted by molar-refractivity contribution is -0.141. The van der Waals surface area contributed by atoms with Crippen molar-refractivity contribution in [3.63, 3.8) is 0 Å². The number of hydrogen-bond acceptors (Lipinski definition) is 4. The molecule has 0 spiro atoms. The van der Waals surface area contributed by atoms with E-state index in [-0.39, 0.29) is 17.3 Å². The Morgan fingerprint density at radius 2 is 1.92 bits per heavy atom. The molecule has 1 fully saturated rings. The van der Waals surface area contributed by atoms with Gasteiger partial charge in [0.1, 0.15) is 0 Å². The number of nitrogens with zero attached hydrogens (tertiary/aromatic N) is 1. The third-order valence-corrected chi connectivity index (χ3v) is 4.64. The summed E-state index contributed by atoms with van der Waals surface area (Å²) in [5.74, 6) is 0.0161. The maximum Gasteiger partial charge on any atom is 0.302 e. The van der Waals surface area contributed by atoms with Gasteiger partial charge < -0.3 is 15.0 Å². The number of hydrogen-bond donors (Lipinski definition) is 1. The average Bonchev–Trinajstić information content (AvgIpc) is 2.58. The monoisotopic (exact) mass is 360 g/mol. The third-order valence-electron chi connectivity index (χ3n) is 4.64. The minimum atomic E-state index is -0.305. The van der Waals surface area contributed by atoms with Crippen molar-refractivity contribution >= 4 is 17.6 Å². The lowest BCUT2D eigenvalue weighted by Gasteiger charge is -2.36. The molecular weight excluding hydrogens is 328 g/mol. The number of nitrogens with one attached hydrogen (secondary N) is 1. The van der Waals surface area contributed by atoms with Crippen LogP contribution >= 0.6 is 0 Å². The first-order valence-electron chi connectivity index (χ1n) is 9.54. The molecule has 1 N–H and O–H groups in total. The second-order valence-electron chi connectivity index (χ2n) is 8.10. The van der Waals surface area contributed by atoms with Crippen molar-refractivity contribution in [2.45, 2.75) is 59.4 Å². The molecule has 144 valence electrons. The fraction of sp³-hybridized carbons (Fsp3) is 0.619. The van der Waals surface area contributed by atoms with Crippen molar-refractivity contribution in [3.05, 3.63) is 29.8 Å². The summed E-state index contributed by atoms with van der Waals surface area (Å²) in [6.07, 6.45) is 3.66. The Morgan fingerprint density at radius 3 is 2.54 bits per heavy atom. The van der Waals surface area contributed by atoms with Gasteiger partial charge in [-0.05, 0) is 43.4 Å². The molecule has 2 rings (SSSR count). The zero-order valence-electron chi connectivity index (χ0n) is 16.5. The van der Waals surface area contributed by atoms with Crippen molar-refractivity contribution in [1.82, 2.24) is 4.90 Å². The summed E-state index contributed by atoms with van der Waals surface area (Å²) in [6.45, 7) is 9.47. The van der Waals surface area contributed by atoms with Crippen LogP contribution in [-0.2, 0) is 20.7 Å². The number of ether oxygens (including phenoxy) is 1. The van der Waals surface area contributed by atoms with Crippen LogP contribution in [0.3, 0.4) is 0 Å². The number of carbonyl (C=O) groups is 2. The molecule has 1 saturated heterocycles. The number of carbonyl (C=O) groups excluding carboxylic acids is 2. The summed E-state index contributed by atoms with van der Waals surface area (Å²) in [7, 11) is 0. The molecule has 0 radical (unpaired) electrons. The highest BCUT2D eigenvalue weighted by Gasteiger charge is 2.30. The highest BCUT2D eigenvalue weighted by Crippen LogP contribution is 2.23. The number of aryl methyl sites for hydroxylation is 1. The van der Waals surface area contributed by atoms with Crippen LogP contribution in [0.5, 0.6) is 0 Å². The molecule has 0 aliphatic carbocycles. The van der Waals surface area contributed by atoms with E-state index >= 15 is 0 Å². The molecule has 1 heterocycles. The maximum atomic E-state index is 12.4. The first-order chi connectivity index (χ1) is 12.3. The summed E-state index contributed by atoms with van der Waals surface area (Å²) in [4.78, 5) is 25.2. The Morgan fingerprint density at radius 1 is 1.23 bits per heavy atom. The second kappa shape index (κ2) is 9.06.